The third-order valence-electron chi connectivity index (χ3n) is 2.91. The van der Waals surface area contributed by atoms with E-state index in [-0.39, 0.29) is 12.5 Å². The van der Waals surface area contributed by atoms with Gasteiger partial charge in [-0.15, -0.1) is 0 Å². The highest BCUT2D eigenvalue weighted by molar-refractivity contribution is 5.82. The first kappa shape index (κ1) is 18.5. The first-order valence-corrected chi connectivity index (χ1v) is 6.47. The number of nitrogens with one attached hydrogen (secondary N) is 1. The van der Waals surface area contributed by atoms with Crippen molar-refractivity contribution in [3.8, 4) is 0 Å². The largest absolute Gasteiger partial charge is 0.480 e. The number of hydrogen-bond donors (Lipinski definition) is 2. The molecule has 2 atom stereocenters. The van der Waals surface area contributed by atoms with Crippen LogP contribution in [0.4, 0.5) is 18.0 Å². The van der Waals surface area contributed by atoms with Crippen LogP contribution in [0.3, 0.4) is 0 Å². The number of carboxylic acid groups (broad SMARTS) is 1. The van der Waals surface area contributed by atoms with Crippen molar-refractivity contribution in [1.29, 1.82) is 0 Å². The number of aliphatic carboxylic acids is 1. The molecule has 0 aromatic rings. The molecular formula is C12H21F3N2O3. The topological polar surface area (TPSA) is 69.6 Å². The van der Waals surface area contributed by atoms with Crippen molar-refractivity contribution in [3.05, 3.63) is 0 Å². The van der Waals surface area contributed by atoms with Gasteiger partial charge in [-0.1, -0.05) is 27.2 Å². The maximum Gasteiger partial charge on any atom is 0.406 e. The summed E-state index contributed by atoms with van der Waals surface area (Å²) in [5.74, 6) is -1.62. The maximum absolute atomic E-state index is 12.4. The molecule has 0 heterocycles. The lowest BCUT2D eigenvalue weighted by molar-refractivity contribution is -0.141. The molecule has 0 radical (unpaired) electrons. The lowest BCUT2D eigenvalue weighted by Gasteiger charge is -2.27. The number of nitrogens with zero attached hydrogens (tertiary/aromatic N) is 1. The Balaban J connectivity index is 4.84. The van der Waals surface area contributed by atoms with E-state index in [4.69, 9.17) is 5.11 Å². The molecule has 2 amide bonds. The van der Waals surface area contributed by atoms with E-state index in [1.54, 1.807) is 20.8 Å². The summed E-state index contributed by atoms with van der Waals surface area (Å²) in [6.45, 7) is 3.52. The number of halogens is 3. The van der Waals surface area contributed by atoms with Crippen LogP contribution in [0.5, 0.6) is 0 Å². The van der Waals surface area contributed by atoms with Gasteiger partial charge in [-0.25, -0.2) is 9.59 Å². The fraction of sp³-hybridized carbons (Fsp3) is 0.833. The number of carboxylic acids is 1. The summed E-state index contributed by atoms with van der Waals surface area (Å²) in [6, 6.07) is -2.20. The minimum Gasteiger partial charge on any atom is -0.480 e. The second kappa shape index (κ2) is 7.96. The third kappa shape index (κ3) is 6.63. The van der Waals surface area contributed by atoms with Crippen molar-refractivity contribution in [2.45, 2.75) is 45.8 Å². The molecule has 8 heteroatoms. The van der Waals surface area contributed by atoms with Crippen molar-refractivity contribution >= 4 is 12.0 Å². The molecule has 1 unspecified atom stereocenters. The van der Waals surface area contributed by atoms with Crippen LogP contribution in [0, 0.1) is 5.92 Å². The Labute approximate surface area is 116 Å². The van der Waals surface area contributed by atoms with Gasteiger partial charge in [0.15, 0.2) is 0 Å². The fourth-order valence-electron chi connectivity index (χ4n) is 1.65. The lowest BCUT2D eigenvalue weighted by Crippen LogP contribution is -2.52. The van der Waals surface area contributed by atoms with Gasteiger partial charge < -0.3 is 15.3 Å². The van der Waals surface area contributed by atoms with E-state index in [0.717, 1.165) is 0 Å². The summed E-state index contributed by atoms with van der Waals surface area (Å²) in [7, 11) is 0. The van der Waals surface area contributed by atoms with E-state index >= 15 is 0 Å². The van der Waals surface area contributed by atoms with E-state index in [0.29, 0.717) is 17.7 Å². The molecule has 2 N–H and O–H groups in total. The van der Waals surface area contributed by atoms with Gasteiger partial charge in [0.25, 0.3) is 0 Å². The highest BCUT2D eigenvalue weighted by atomic mass is 19.4. The molecule has 0 saturated heterocycles. The van der Waals surface area contributed by atoms with Crippen LogP contribution >= 0.6 is 0 Å². The molecule has 0 aromatic carbocycles. The first-order chi connectivity index (χ1) is 9.12. The zero-order valence-electron chi connectivity index (χ0n) is 11.8. The van der Waals surface area contributed by atoms with Crippen molar-refractivity contribution in [2.24, 2.45) is 5.92 Å². The Morgan fingerprint density at radius 2 is 1.85 bits per heavy atom. The summed E-state index contributed by atoms with van der Waals surface area (Å²) >= 11 is 0. The van der Waals surface area contributed by atoms with Gasteiger partial charge in [-0.05, 0) is 12.3 Å². The standard InChI is InChI=1S/C12H21F3N2O3/c1-4-6-17(7-12(13,14)15)11(20)16-9(10(18)19)8(3)5-2/h8-9H,4-7H2,1-3H3,(H,16,20)(H,18,19)/t8?,9-/m0/s1. The molecule has 0 saturated carbocycles. The van der Waals surface area contributed by atoms with Crippen LogP contribution in [0.2, 0.25) is 0 Å². The highest BCUT2D eigenvalue weighted by Gasteiger charge is 2.34. The van der Waals surface area contributed by atoms with E-state index < -0.39 is 30.8 Å². The zero-order chi connectivity index (χ0) is 15.9. The normalized spacial score (nSPS) is 14.5. The van der Waals surface area contributed by atoms with Crippen molar-refractivity contribution < 1.29 is 27.9 Å². The number of carbonyl (C=O) groups excluding carboxylic acids is 1. The van der Waals surface area contributed by atoms with E-state index in [2.05, 4.69) is 5.32 Å². The average molecular weight is 298 g/mol. The van der Waals surface area contributed by atoms with Gasteiger partial charge in [0, 0.05) is 6.54 Å². The molecular weight excluding hydrogens is 277 g/mol. The highest BCUT2D eigenvalue weighted by Crippen LogP contribution is 2.17. The molecule has 20 heavy (non-hydrogen) atoms. The second-order valence-electron chi connectivity index (χ2n) is 4.69. The molecule has 0 rings (SSSR count). The number of carbonyl (C=O) groups is 2. The van der Waals surface area contributed by atoms with Crippen molar-refractivity contribution in [1.82, 2.24) is 10.2 Å². The Bertz CT molecular complexity index is 334. The lowest BCUT2D eigenvalue weighted by atomic mass is 9.99. The SMILES string of the molecule is CCCN(CC(F)(F)F)C(=O)N[C@H](C(=O)O)C(C)CC. The van der Waals surface area contributed by atoms with Crippen LogP contribution in [0.1, 0.15) is 33.6 Å². The van der Waals surface area contributed by atoms with Crippen molar-refractivity contribution in [3.63, 3.8) is 0 Å². The molecule has 0 aliphatic heterocycles. The average Bonchev–Trinajstić information content (AvgIpc) is 2.32. The summed E-state index contributed by atoms with van der Waals surface area (Å²) in [4.78, 5) is 23.4. The van der Waals surface area contributed by atoms with Crippen molar-refractivity contribution in [2.75, 3.05) is 13.1 Å². The van der Waals surface area contributed by atoms with Gasteiger partial charge >= 0.3 is 18.2 Å². The summed E-state index contributed by atoms with van der Waals surface area (Å²) in [5.41, 5.74) is 0. The predicted molar refractivity (Wildman–Crippen MR) is 67.3 cm³/mol. The zero-order valence-corrected chi connectivity index (χ0v) is 11.8. The van der Waals surface area contributed by atoms with Crippen LogP contribution < -0.4 is 5.32 Å². The maximum atomic E-state index is 12.4. The number of amides is 2. The Kier molecular flexibility index (Phi) is 7.38. The van der Waals surface area contributed by atoms with Crippen LogP contribution in [-0.4, -0.2) is 47.3 Å². The first-order valence-electron chi connectivity index (χ1n) is 6.47. The minimum absolute atomic E-state index is 0.0851. The second-order valence-corrected chi connectivity index (χ2v) is 4.69. The third-order valence-corrected chi connectivity index (χ3v) is 2.91. The summed E-state index contributed by atoms with van der Waals surface area (Å²) in [5, 5.41) is 11.2. The number of urea groups is 1. The quantitative estimate of drug-likeness (QED) is 0.758. The van der Waals surface area contributed by atoms with Crippen LogP contribution in [0.25, 0.3) is 0 Å². The van der Waals surface area contributed by atoms with E-state index in [1.807, 2.05) is 0 Å². The molecule has 0 bridgehead atoms. The van der Waals surface area contributed by atoms with Gasteiger partial charge in [0.05, 0.1) is 0 Å². The molecule has 0 aliphatic carbocycles. The van der Waals surface area contributed by atoms with Gasteiger partial charge in [-0.3, -0.25) is 0 Å². The summed E-state index contributed by atoms with van der Waals surface area (Å²) < 4.78 is 37.1. The van der Waals surface area contributed by atoms with Gasteiger partial charge in [-0.2, -0.15) is 13.2 Å². The van der Waals surface area contributed by atoms with E-state index in [1.165, 1.54) is 0 Å². The Hall–Kier alpha value is -1.47. The number of rotatable bonds is 7. The Morgan fingerprint density at radius 1 is 1.30 bits per heavy atom. The monoisotopic (exact) mass is 298 g/mol. The molecule has 5 nitrogen and oxygen atoms in total. The smallest absolute Gasteiger partial charge is 0.406 e. The van der Waals surface area contributed by atoms with Gasteiger partial charge in [0.1, 0.15) is 12.6 Å². The van der Waals surface area contributed by atoms with Crippen LogP contribution in [-0.2, 0) is 4.79 Å². The number of alkyl halides is 3. The van der Waals surface area contributed by atoms with Crippen LogP contribution in [0.15, 0.2) is 0 Å². The number of hydrogen-bond acceptors (Lipinski definition) is 2. The van der Waals surface area contributed by atoms with Gasteiger partial charge in [0.2, 0.25) is 0 Å². The summed E-state index contributed by atoms with van der Waals surface area (Å²) in [6.07, 6.45) is -3.67. The molecule has 0 fully saturated rings. The Morgan fingerprint density at radius 3 is 2.20 bits per heavy atom. The molecule has 0 aromatic heterocycles. The molecule has 118 valence electrons. The predicted octanol–water partition coefficient (Wildman–Crippen LogP) is 2.47. The fourth-order valence-corrected chi connectivity index (χ4v) is 1.65. The van der Waals surface area contributed by atoms with E-state index in [9.17, 15) is 22.8 Å². The molecule has 0 aliphatic rings. The minimum atomic E-state index is -4.51. The molecule has 0 spiro atoms.